The lowest BCUT2D eigenvalue weighted by atomic mass is 9.86. The molecule has 6 heteroatoms. The standard InChI is InChI=1S/C16H20ClNO4/c17-16(20)22-10-12-3-1-11(2-4-12)9-21-15(19)13-5-7-14(18)8-6-13/h1-4,13-14H,5-10,18H2. The summed E-state index contributed by atoms with van der Waals surface area (Å²) in [6, 6.07) is 7.51. The van der Waals surface area contributed by atoms with Gasteiger partial charge in [0.15, 0.2) is 0 Å². The Morgan fingerprint density at radius 1 is 1.00 bits per heavy atom. The predicted octanol–water partition coefficient (Wildman–Crippen LogP) is 3.12. The maximum atomic E-state index is 12.0. The molecule has 120 valence electrons. The van der Waals surface area contributed by atoms with E-state index in [2.05, 4.69) is 4.74 Å². The van der Waals surface area contributed by atoms with Crippen LogP contribution in [0.25, 0.3) is 0 Å². The van der Waals surface area contributed by atoms with Gasteiger partial charge >= 0.3 is 11.4 Å². The summed E-state index contributed by atoms with van der Waals surface area (Å²) in [6.45, 7) is 0.377. The quantitative estimate of drug-likeness (QED) is 0.664. The Balaban J connectivity index is 1.76. The Morgan fingerprint density at radius 3 is 2.00 bits per heavy atom. The van der Waals surface area contributed by atoms with Crippen molar-refractivity contribution in [3.05, 3.63) is 35.4 Å². The van der Waals surface area contributed by atoms with Gasteiger partial charge in [0.2, 0.25) is 0 Å². The minimum absolute atomic E-state index is 0.0257. The van der Waals surface area contributed by atoms with Crippen LogP contribution in [0.5, 0.6) is 0 Å². The molecule has 22 heavy (non-hydrogen) atoms. The van der Waals surface area contributed by atoms with Gasteiger partial charge in [-0.05, 0) is 36.8 Å². The van der Waals surface area contributed by atoms with Crippen LogP contribution in [0.15, 0.2) is 24.3 Å². The Hall–Kier alpha value is -1.59. The van der Waals surface area contributed by atoms with E-state index in [1.165, 1.54) is 0 Å². The molecule has 0 unspecified atom stereocenters. The van der Waals surface area contributed by atoms with E-state index in [0.717, 1.165) is 36.8 Å². The lowest BCUT2D eigenvalue weighted by Crippen LogP contribution is -2.30. The van der Waals surface area contributed by atoms with Crippen molar-refractivity contribution in [1.29, 1.82) is 0 Å². The number of esters is 1. The van der Waals surface area contributed by atoms with E-state index in [0.29, 0.717) is 0 Å². The van der Waals surface area contributed by atoms with Gasteiger partial charge in [0.05, 0.1) is 5.92 Å². The number of ether oxygens (including phenoxy) is 2. The van der Waals surface area contributed by atoms with Crippen LogP contribution >= 0.6 is 11.6 Å². The third-order valence-electron chi connectivity index (χ3n) is 3.86. The Labute approximate surface area is 134 Å². The van der Waals surface area contributed by atoms with Gasteiger partial charge in [-0.2, -0.15) is 0 Å². The molecule has 0 atom stereocenters. The highest BCUT2D eigenvalue weighted by molar-refractivity contribution is 6.61. The molecule has 0 amide bonds. The predicted molar refractivity (Wildman–Crippen MR) is 82.2 cm³/mol. The molecule has 0 aliphatic heterocycles. The maximum Gasteiger partial charge on any atom is 0.404 e. The van der Waals surface area contributed by atoms with Gasteiger partial charge in [0, 0.05) is 17.6 Å². The van der Waals surface area contributed by atoms with Crippen molar-refractivity contribution in [2.45, 2.75) is 44.9 Å². The number of carbonyl (C=O) groups is 2. The molecule has 0 bridgehead atoms. The molecule has 0 saturated heterocycles. The Kier molecular flexibility index (Phi) is 6.21. The van der Waals surface area contributed by atoms with Gasteiger partial charge in [-0.1, -0.05) is 24.3 Å². The molecular weight excluding hydrogens is 306 g/mol. The number of hydrogen-bond acceptors (Lipinski definition) is 5. The van der Waals surface area contributed by atoms with E-state index in [1.54, 1.807) is 0 Å². The molecule has 0 heterocycles. The largest absolute Gasteiger partial charge is 0.461 e. The lowest BCUT2D eigenvalue weighted by Gasteiger charge is -2.24. The Bertz CT molecular complexity index is 509. The van der Waals surface area contributed by atoms with E-state index >= 15 is 0 Å². The van der Waals surface area contributed by atoms with Gasteiger partial charge in [0.25, 0.3) is 0 Å². The molecule has 1 aromatic carbocycles. The van der Waals surface area contributed by atoms with Crippen molar-refractivity contribution >= 4 is 23.0 Å². The van der Waals surface area contributed by atoms with E-state index in [9.17, 15) is 9.59 Å². The summed E-state index contributed by atoms with van der Waals surface area (Å²) in [5.41, 5.74) is 6.71. The monoisotopic (exact) mass is 325 g/mol. The van der Waals surface area contributed by atoms with E-state index < -0.39 is 5.43 Å². The SMILES string of the molecule is NC1CCC(C(=O)OCc2ccc(COC(=O)Cl)cc2)CC1. The third kappa shape index (κ3) is 5.31. The topological polar surface area (TPSA) is 78.6 Å². The van der Waals surface area contributed by atoms with Crippen molar-refractivity contribution in [3.63, 3.8) is 0 Å². The molecular formula is C16H20ClNO4. The van der Waals surface area contributed by atoms with Crippen LogP contribution in [0, 0.1) is 5.92 Å². The fourth-order valence-electron chi connectivity index (χ4n) is 2.50. The minimum Gasteiger partial charge on any atom is -0.461 e. The number of halogens is 1. The van der Waals surface area contributed by atoms with Crippen molar-refractivity contribution in [3.8, 4) is 0 Å². The molecule has 0 radical (unpaired) electrons. The summed E-state index contributed by atoms with van der Waals surface area (Å²) < 4.78 is 10.0. The second-order valence-corrected chi connectivity index (χ2v) is 5.87. The van der Waals surface area contributed by atoms with Gasteiger partial charge in [0.1, 0.15) is 13.2 Å². The van der Waals surface area contributed by atoms with E-state index in [4.69, 9.17) is 22.1 Å². The summed E-state index contributed by atoms with van der Waals surface area (Å²) in [5.74, 6) is -0.172. The zero-order valence-electron chi connectivity index (χ0n) is 12.3. The molecule has 2 N–H and O–H groups in total. The lowest BCUT2D eigenvalue weighted by molar-refractivity contribution is -0.151. The van der Waals surface area contributed by atoms with E-state index in [1.807, 2.05) is 24.3 Å². The third-order valence-corrected chi connectivity index (χ3v) is 3.97. The van der Waals surface area contributed by atoms with E-state index in [-0.39, 0.29) is 31.1 Å². The molecule has 1 saturated carbocycles. The molecule has 5 nitrogen and oxygen atoms in total. The zero-order chi connectivity index (χ0) is 15.9. The molecule has 1 fully saturated rings. The molecule has 0 spiro atoms. The normalized spacial score (nSPS) is 21.2. The van der Waals surface area contributed by atoms with Crippen LogP contribution < -0.4 is 5.73 Å². The van der Waals surface area contributed by atoms with Crippen LogP contribution in [-0.2, 0) is 27.5 Å². The molecule has 1 aliphatic carbocycles. The average molecular weight is 326 g/mol. The first-order valence-electron chi connectivity index (χ1n) is 7.37. The second-order valence-electron chi connectivity index (χ2n) is 5.56. The summed E-state index contributed by atoms with van der Waals surface area (Å²) in [6.07, 6.45) is 3.38. The molecule has 1 aliphatic rings. The average Bonchev–Trinajstić information content (AvgIpc) is 2.52. The van der Waals surface area contributed by atoms with Crippen molar-refractivity contribution < 1.29 is 19.1 Å². The second kappa shape index (κ2) is 8.15. The summed E-state index contributed by atoms with van der Waals surface area (Å²) in [4.78, 5) is 22.5. The van der Waals surface area contributed by atoms with Crippen LogP contribution in [-0.4, -0.2) is 17.4 Å². The molecule has 1 aromatic rings. The highest BCUT2D eigenvalue weighted by Crippen LogP contribution is 2.24. The number of carbonyl (C=O) groups excluding carboxylic acids is 2. The highest BCUT2D eigenvalue weighted by Gasteiger charge is 2.25. The van der Waals surface area contributed by atoms with Gasteiger partial charge in [-0.3, -0.25) is 4.79 Å². The van der Waals surface area contributed by atoms with Crippen LogP contribution in [0.4, 0.5) is 4.79 Å². The van der Waals surface area contributed by atoms with Gasteiger partial charge in [-0.15, -0.1) is 0 Å². The fraction of sp³-hybridized carbons (Fsp3) is 0.500. The first-order chi connectivity index (χ1) is 10.5. The molecule has 2 rings (SSSR count). The zero-order valence-corrected chi connectivity index (χ0v) is 13.1. The number of benzene rings is 1. The maximum absolute atomic E-state index is 12.0. The molecule has 0 aromatic heterocycles. The smallest absolute Gasteiger partial charge is 0.404 e. The van der Waals surface area contributed by atoms with Crippen LogP contribution in [0.2, 0.25) is 0 Å². The summed E-state index contributed by atoms with van der Waals surface area (Å²) in [5, 5.41) is 0. The van der Waals surface area contributed by atoms with Crippen LogP contribution in [0.1, 0.15) is 36.8 Å². The minimum atomic E-state index is -0.829. The van der Waals surface area contributed by atoms with Gasteiger partial charge < -0.3 is 15.2 Å². The highest BCUT2D eigenvalue weighted by atomic mass is 35.5. The number of hydrogen-bond donors (Lipinski definition) is 1. The number of rotatable bonds is 5. The summed E-state index contributed by atoms with van der Waals surface area (Å²) >= 11 is 5.10. The van der Waals surface area contributed by atoms with Crippen molar-refractivity contribution in [2.75, 3.05) is 0 Å². The van der Waals surface area contributed by atoms with Crippen LogP contribution in [0.3, 0.4) is 0 Å². The number of nitrogens with two attached hydrogens (primary N) is 1. The fourth-order valence-corrected chi connectivity index (χ4v) is 2.55. The van der Waals surface area contributed by atoms with Gasteiger partial charge in [-0.25, -0.2) is 4.79 Å². The van der Waals surface area contributed by atoms with Crippen molar-refractivity contribution in [1.82, 2.24) is 0 Å². The van der Waals surface area contributed by atoms with Crippen molar-refractivity contribution in [2.24, 2.45) is 11.7 Å². The first-order valence-corrected chi connectivity index (χ1v) is 7.74. The first kappa shape index (κ1) is 16.8. The summed E-state index contributed by atoms with van der Waals surface area (Å²) in [7, 11) is 0. The Morgan fingerprint density at radius 2 is 1.50 bits per heavy atom.